The molecular formula is C22H29BrO5. The van der Waals surface area contributed by atoms with Crippen LogP contribution >= 0.6 is 15.9 Å². The van der Waals surface area contributed by atoms with Gasteiger partial charge in [0.25, 0.3) is 0 Å². The summed E-state index contributed by atoms with van der Waals surface area (Å²) in [7, 11) is 0. The van der Waals surface area contributed by atoms with Crippen LogP contribution in [0.5, 0.6) is 0 Å². The van der Waals surface area contributed by atoms with E-state index >= 15 is 0 Å². The van der Waals surface area contributed by atoms with Crippen LogP contribution in [0.2, 0.25) is 0 Å². The fourth-order valence-electron chi connectivity index (χ4n) is 7.08. The highest BCUT2D eigenvalue weighted by Gasteiger charge is 2.68. The average molecular weight is 453 g/mol. The number of hydrogen-bond acceptors (Lipinski definition) is 5. The molecule has 4 aliphatic carbocycles. The fraction of sp³-hybridized carbons (Fsp3) is 0.727. The van der Waals surface area contributed by atoms with E-state index in [-0.39, 0.29) is 34.3 Å². The number of hydrogen-bond donors (Lipinski definition) is 3. The maximum Gasteiger partial charge on any atom is 0.194 e. The van der Waals surface area contributed by atoms with E-state index in [1.54, 1.807) is 12.2 Å². The van der Waals surface area contributed by atoms with Crippen molar-refractivity contribution in [3.8, 4) is 0 Å². The summed E-state index contributed by atoms with van der Waals surface area (Å²) in [5.74, 6) is -0.302. The maximum absolute atomic E-state index is 12.9. The number of alkyl halides is 1. The normalized spacial score (nSPS) is 48.4. The molecule has 0 heterocycles. The van der Waals surface area contributed by atoms with E-state index in [4.69, 9.17) is 0 Å². The van der Waals surface area contributed by atoms with Crippen LogP contribution in [0.1, 0.15) is 46.0 Å². The lowest BCUT2D eigenvalue weighted by Crippen LogP contribution is -2.62. The van der Waals surface area contributed by atoms with Crippen LogP contribution in [0.25, 0.3) is 0 Å². The molecule has 0 aromatic carbocycles. The molecule has 154 valence electrons. The molecule has 28 heavy (non-hydrogen) atoms. The SMILES string of the molecule is C[C@]12C=CC(=O)C=C1CC[C@@H]1[C@@H]2C(O)C[C@@]2(C)[C@H]1CC[C@]2(O)C(=O)C(O)CBr. The lowest BCUT2D eigenvalue weighted by molar-refractivity contribution is -0.181. The van der Waals surface area contributed by atoms with E-state index in [1.165, 1.54) is 0 Å². The van der Waals surface area contributed by atoms with Gasteiger partial charge in [-0.2, -0.15) is 0 Å². The molecule has 4 aliphatic rings. The second kappa shape index (κ2) is 6.59. The van der Waals surface area contributed by atoms with Gasteiger partial charge in [0.2, 0.25) is 0 Å². The van der Waals surface area contributed by atoms with Gasteiger partial charge in [-0.1, -0.05) is 41.4 Å². The van der Waals surface area contributed by atoms with E-state index in [9.17, 15) is 24.9 Å². The van der Waals surface area contributed by atoms with Crippen molar-refractivity contribution in [1.82, 2.24) is 0 Å². The smallest absolute Gasteiger partial charge is 0.194 e. The first kappa shape index (κ1) is 20.5. The molecule has 0 aromatic rings. The minimum Gasteiger partial charge on any atom is -0.393 e. The molecule has 0 aliphatic heterocycles. The standard InChI is InChI=1S/C22H29BrO5/c1-20-7-5-13(24)9-12(20)3-4-14-15-6-8-22(28,19(27)17(26)11-23)21(15,2)10-16(25)18(14)20/h5,7,9,14-18,25-26,28H,3-4,6,8,10-11H2,1-2H3/t14-,15-,16?,17?,18+,20-,21-,22-/m0/s1. The van der Waals surface area contributed by atoms with Crippen LogP contribution < -0.4 is 0 Å². The van der Waals surface area contributed by atoms with Gasteiger partial charge in [0.05, 0.1) is 6.10 Å². The van der Waals surface area contributed by atoms with Crippen LogP contribution in [0, 0.1) is 28.6 Å². The number of ketones is 2. The van der Waals surface area contributed by atoms with Crippen molar-refractivity contribution in [1.29, 1.82) is 0 Å². The zero-order chi connectivity index (χ0) is 20.5. The number of aliphatic hydroxyl groups is 3. The molecular weight excluding hydrogens is 424 g/mol. The van der Waals surface area contributed by atoms with Crippen LogP contribution in [0.3, 0.4) is 0 Å². The molecule has 0 spiro atoms. The Kier molecular flexibility index (Phi) is 4.82. The summed E-state index contributed by atoms with van der Waals surface area (Å²) in [5, 5.41) is 32.9. The molecule has 6 heteroatoms. The van der Waals surface area contributed by atoms with Crippen molar-refractivity contribution in [2.75, 3.05) is 5.33 Å². The molecule has 8 atom stereocenters. The van der Waals surface area contributed by atoms with Gasteiger partial charge >= 0.3 is 0 Å². The van der Waals surface area contributed by atoms with Gasteiger partial charge in [-0.05, 0) is 56.1 Å². The minimum absolute atomic E-state index is 0.00524. The summed E-state index contributed by atoms with van der Waals surface area (Å²) in [6.07, 6.45) is 6.33. The molecule has 4 rings (SSSR count). The van der Waals surface area contributed by atoms with Gasteiger partial charge in [-0.15, -0.1) is 0 Å². The van der Waals surface area contributed by atoms with Gasteiger partial charge in [-0.3, -0.25) is 9.59 Å². The highest BCUT2D eigenvalue weighted by molar-refractivity contribution is 9.09. The monoisotopic (exact) mass is 452 g/mol. The summed E-state index contributed by atoms with van der Waals surface area (Å²) >= 11 is 3.14. The van der Waals surface area contributed by atoms with Crippen molar-refractivity contribution in [2.24, 2.45) is 28.6 Å². The maximum atomic E-state index is 12.9. The van der Waals surface area contributed by atoms with Crippen LogP contribution in [0.4, 0.5) is 0 Å². The predicted octanol–water partition coefficient (Wildman–Crippen LogP) is 2.32. The Morgan fingerprint density at radius 1 is 1.36 bits per heavy atom. The van der Waals surface area contributed by atoms with Gasteiger partial charge in [0, 0.05) is 22.1 Å². The number of aliphatic hydroxyl groups excluding tert-OH is 2. The number of carbonyl (C=O) groups excluding carboxylic acids is 2. The molecule has 3 fully saturated rings. The van der Waals surface area contributed by atoms with Crippen LogP contribution in [0.15, 0.2) is 23.8 Å². The highest BCUT2D eigenvalue weighted by Crippen LogP contribution is 2.67. The Balaban J connectivity index is 1.72. The van der Waals surface area contributed by atoms with Crippen LogP contribution in [-0.4, -0.2) is 50.0 Å². The van der Waals surface area contributed by atoms with E-state index in [0.717, 1.165) is 18.4 Å². The summed E-state index contributed by atoms with van der Waals surface area (Å²) in [6, 6.07) is 0. The van der Waals surface area contributed by atoms with E-state index in [1.807, 2.05) is 13.0 Å². The second-order valence-corrected chi connectivity index (χ2v) is 10.3. The lowest BCUT2D eigenvalue weighted by atomic mass is 9.46. The third-order valence-corrected chi connectivity index (χ3v) is 9.12. The molecule has 0 bridgehead atoms. The highest BCUT2D eigenvalue weighted by atomic mass is 79.9. The largest absolute Gasteiger partial charge is 0.393 e. The number of fused-ring (bicyclic) bond motifs is 5. The van der Waals surface area contributed by atoms with E-state index in [2.05, 4.69) is 22.9 Å². The topological polar surface area (TPSA) is 94.8 Å². The van der Waals surface area contributed by atoms with Crippen LogP contribution in [-0.2, 0) is 9.59 Å². The third-order valence-electron chi connectivity index (χ3n) is 8.50. The molecule has 0 aromatic heterocycles. The number of allylic oxidation sites excluding steroid dienone is 4. The minimum atomic E-state index is -1.62. The van der Waals surface area contributed by atoms with Gasteiger partial charge in [0.1, 0.15) is 11.7 Å². The average Bonchev–Trinajstić information content (AvgIpc) is 2.92. The zero-order valence-corrected chi connectivity index (χ0v) is 18.0. The second-order valence-electron chi connectivity index (χ2n) is 9.65. The first-order valence-corrected chi connectivity index (χ1v) is 11.3. The van der Waals surface area contributed by atoms with Crippen molar-refractivity contribution in [3.05, 3.63) is 23.8 Å². The third kappa shape index (κ3) is 2.54. The zero-order valence-electron chi connectivity index (χ0n) is 16.4. The molecule has 5 nitrogen and oxygen atoms in total. The molecule has 0 amide bonds. The molecule has 3 N–H and O–H groups in total. The van der Waals surface area contributed by atoms with E-state index < -0.39 is 29.0 Å². The Morgan fingerprint density at radius 2 is 2.07 bits per heavy atom. The predicted molar refractivity (Wildman–Crippen MR) is 108 cm³/mol. The quantitative estimate of drug-likeness (QED) is 0.571. The molecule has 2 unspecified atom stereocenters. The summed E-state index contributed by atoms with van der Waals surface area (Å²) in [5.41, 5.74) is -1.66. The summed E-state index contributed by atoms with van der Waals surface area (Å²) in [6.45, 7) is 4.02. The van der Waals surface area contributed by atoms with Crippen molar-refractivity contribution in [3.63, 3.8) is 0 Å². The number of halogens is 1. The fourth-order valence-corrected chi connectivity index (χ4v) is 7.38. The lowest BCUT2D eigenvalue weighted by Gasteiger charge is -2.59. The molecule has 3 saturated carbocycles. The van der Waals surface area contributed by atoms with Crippen molar-refractivity contribution in [2.45, 2.75) is 63.8 Å². The Morgan fingerprint density at radius 3 is 2.75 bits per heavy atom. The number of rotatable bonds is 3. The van der Waals surface area contributed by atoms with Gasteiger partial charge in [0.15, 0.2) is 11.6 Å². The van der Waals surface area contributed by atoms with Crippen molar-refractivity contribution < 1.29 is 24.9 Å². The summed E-state index contributed by atoms with van der Waals surface area (Å²) in [4.78, 5) is 24.7. The Hall–Kier alpha value is -0.820. The molecule has 0 saturated heterocycles. The number of Topliss-reactive ketones (excluding diaryl/α,β-unsaturated/α-hetero) is 1. The van der Waals surface area contributed by atoms with Gasteiger partial charge < -0.3 is 15.3 Å². The summed E-state index contributed by atoms with van der Waals surface area (Å²) < 4.78 is 0. The van der Waals surface area contributed by atoms with E-state index in [0.29, 0.717) is 19.3 Å². The van der Waals surface area contributed by atoms with Crippen molar-refractivity contribution >= 4 is 27.5 Å². The number of carbonyl (C=O) groups is 2. The first-order chi connectivity index (χ1) is 13.1. The first-order valence-electron chi connectivity index (χ1n) is 10.2. The Bertz CT molecular complexity index is 775. The van der Waals surface area contributed by atoms with Gasteiger partial charge in [-0.25, -0.2) is 0 Å². The molecule has 0 radical (unpaired) electrons. The Labute approximate surface area is 174 Å².